The van der Waals surface area contributed by atoms with Gasteiger partial charge in [-0.05, 0) is 73.0 Å². The average molecular weight is 802 g/mol. The second-order valence-electron chi connectivity index (χ2n) is 13.4. The minimum absolute atomic E-state index is 0.0888. The first-order valence-electron chi connectivity index (χ1n) is 18.1. The van der Waals surface area contributed by atoms with E-state index < -0.39 is 22.5 Å². The maximum absolute atomic E-state index is 13.1. The van der Waals surface area contributed by atoms with Crippen LogP contribution in [0.3, 0.4) is 0 Å². The Labute approximate surface area is 340 Å². The molecule has 4 aromatic carbocycles. The summed E-state index contributed by atoms with van der Waals surface area (Å²) in [7, 11) is 1.63. The number of hydrogen-bond donors (Lipinski definition) is 0. The highest BCUT2D eigenvalue weighted by Gasteiger charge is 2.23. The number of para-hydroxylation sites is 2. The third kappa shape index (κ3) is 7.03. The molecule has 1 aliphatic heterocycles. The first-order chi connectivity index (χ1) is 28.1. The van der Waals surface area contributed by atoms with E-state index in [1.165, 1.54) is 17.0 Å². The van der Waals surface area contributed by atoms with E-state index in [0.29, 0.717) is 39.5 Å². The number of halogens is 2. The molecule has 0 amide bonds. The highest BCUT2D eigenvalue weighted by molar-refractivity contribution is 6.32. The van der Waals surface area contributed by atoms with Crippen LogP contribution in [0, 0.1) is 30.6 Å². The Hall–Kier alpha value is -7.24. The fraction of sp³-hybridized carbons (Fsp3) is 0.0870. The molecule has 0 aliphatic carbocycles. The van der Waals surface area contributed by atoms with Crippen molar-refractivity contribution < 1.29 is 0 Å². The molecule has 0 N–H and O–H groups in total. The third-order valence-electron chi connectivity index (χ3n) is 9.65. The Morgan fingerprint density at radius 2 is 1.05 bits per heavy atom. The molecule has 5 heterocycles. The van der Waals surface area contributed by atoms with Crippen molar-refractivity contribution in [2.75, 3.05) is 0 Å². The van der Waals surface area contributed by atoms with E-state index in [0.717, 1.165) is 37.8 Å². The summed E-state index contributed by atoms with van der Waals surface area (Å²) in [5, 5.41) is 1.30. The lowest BCUT2D eigenvalue weighted by Gasteiger charge is -2.12. The Kier molecular flexibility index (Phi) is 10.2. The molecule has 0 atom stereocenters. The fourth-order valence-corrected chi connectivity index (χ4v) is 7.41. The molecule has 4 aromatic heterocycles. The van der Waals surface area contributed by atoms with Crippen molar-refractivity contribution in [3.8, 4) is 35.3 Å². The minimum atomic E-state index is -0.505. The van der Waals surface area contributed by atoms with Crippen LogP contribution in [0.2, 0.25) is 10.0 Å². The maximum Gasteiger partial charge on any atom is 0.337 e. The monoisotopic (exact) mass is 800 g/mol. The predicted molar refractivity (Wildman–Crippen MR) is 227 cm³/mol. The van der Waals surface area contributed by atoms with Gasteiger partial charge in [0.05, 0.1) is 31.9 Å². The number of fused-ring (bicyclic) bond motifs is 1. The van der Waals surface area contributed by atoms with Gasteiger partial charge in [-0.15, -0.1) is 0 Å². The summed E-state index contributed by atoms with van der Waals surface area (Å²) in [4.78, 5) is 60.6. The SMILES string of the molecule is Cc1cccc2c(=O)n(-c3ncc(C#Cc4ccccc4)cc3Cl)c(=O)n(C)c12.O=c1c2cccc3c2n(c(=O)n1-c1ncc(C#Cc2ccccc2)cc1Cl)CC3. The predicted octanol–water partition coefficient (Wildman–Crippen LogP) is 6.60. The van der Waals surface area contributed by atoms with E-state index in [4.69, 9.17) is 23.2 Å². The van der Waals surface area contributed by atoms with E-state index in [9.17, 15) is 19.2 Å². The van der Waals surface area contributed by atoms with Crippen LogP contribution in [0.1, 0.15) is 33.4 Å². The molecule has 10 nitrogen and oxygen atoms in total. The van der Waals surface area contributed by atoms with Gasteiger partial charge in [0.15, 0.2) is 11.6 Å². The number of rotatable bonds is 2. The van der Waals surface area contributed by atoms with E-state index in [2.05, 4.69) is 33.6 Å². The van der Waals surface area contributed by atoms with E-state index in [-0.39, 0.29) is 21.7 Å². The standard InChI is InChI=1S/C23H14ClN3O2.C23H16ClN3O2/c24-19-13-16(10-9-15-5-2-1-3-6-15)14-25-21(19)27-22(28)18-8-4-7-17-11-12-26(20(17)18)23(27)29;1-15-7-6-10-18-20(15)26(2)23(29)27(22(18)28)21-19(24)13-17(14-25-21)12-11-16-8-4-3-5-9-16/h1-8,13-14H,11-12H2;3-10,13-14H,1-2H3. The van der Waals surface area contributed by atoms with Gasteiger partial charge in [-0.2, -0.15) is 0 Å². The van der Waals surface area contributed by atoms with Gasteiger partial charge in [-0.3, -0.25) is 18.7 Å². The second kappa shape index (κ2) is 15.7. The van der Waals surface area contributed by atoms with Crippen molar-refractivity contribution in [2.24, 2.45) is 7.05 Å². The van der Waals surface area contributed by atoms with Crippen LogP contribution >= 0.6 is 23.2 Å². The Morgan fingerprint density at radius 1 is 0.569 bits per heavy atom. The molecule has 0 saturated carbocycles. The van der Waals surface area contributed by atoms with Crippen molar-refractivity contribution in [2.45, 2.75) is 19.9 Å². The van der Waals surface area contributed by atoms with E-state index >= 15 is 0 Å². The van der Waals surface area contributed by atoms with Gasteiger partial charge >= 0.3 is 11.4 Å². The fourth-order valence-electron chi connectivity index (χ4n) is 6.91. The van der Waals surface area contributed by atoms with Crippen LogP contribution in [-0.2, 0) is 20.0 Å². The lowest BCUT2D eigenvalue weighted by molar-refractivity contribution is 0.680. The molecule has 0 saturated heterocycles. The molecule has 12 heteroatoms. The summed E-state index contributed by atoms with van der Waals surface area (Å²) in [6.07, 6.45) is 3.75. The zero-order chi connectivity index (χ0) is 40.5. The van der Waals surface area contributed by atoms with Crippen molar-refractivity contribution in [1.29, 1.82) is 0 Å². The number of hydrogen-bond acceptors (Lipinski definition) is 6. The van der Waals surface area contributed by atoms with E-state index in [1.807, 2.05) is 85.8 Å². The minimum Gasteiger partial charge on any atom is -0.296 e. The summed E-state index contributed by atoms with van der Waals surface area (Å²) in [5.41, 5.74) is 4.28. The Morgan fingerprint density at radius 3 is 1.59 bits per heavy atom. The Balaban J connectivity index is 0.000000162. The molecular weight excluding hydrogens is 771 g/mol. The van der Waals surface area contributed by atoms with Crippen LogP contribution in [0.15, 0.2) is 141 Å². The topological polar surface area (TPSA) is 114 Å². The first kappa shape index (κ1) is 37.7. The molecule has 8 aromatic rings. The lowest BCUT2D eigenvalue weighted by atomic mass is 10.1. The zero-order valence-electron chi connectivity index (χ0n) is 31.0. The molecule has 58 heavy (non-hydrogen) atoms. The van der Waals surface area contributed by atoms with E-state index in [1.54, 1.807) is 41.9 Å². The largest absolute Gasteiger partial charge is 0.337 e. The molecule has 9 rings (SSSR count). The summed E-state index contributed by atoms with van der Waals surface area (Å²) < 4.78 is 5.10. The average Bonchev–Trinajstić information content (AvgIpc) is 3.68. The summed E-state index contributed by atoms with van der Waals surface area (Å²) in [6.45, 7) is 2.39. The molecule has 282 valence electrons. The molecule has 0 radical (unpaired) electrons. The van der Waals surface area contributed by atoms with Crippen molar-refractivity contribution in [3.63, 3.8) is 0 Å². The van der Waals surface area contributed by atoms with Gasteiger partial charge in [0.1, 0.15) is 0 Å². The van der Waals surface area contributed by atoms with Crippen molar-refractivity contribution in [1.82, 2.24) is 28.2 Å². The summed E-state index contributed by atoms with van der Waals surface area (Å²) in [6, 6.07) is 33.1. The van der Waals surface area contributed by atoms with Crippen molar-refractivity contribution >= 4 is 45.0 Å². The normalized spacial score (nSPS) is 11.3. The zero-order valence-corrected chi connectivity index (χ0v) is 32.5. The van der Waals surface area contributed by atoms with Crippen LogP contribution in [0.25, 0.3) is 33.4 Å². The molecular formula is C46H30Cl2N6O4. The molecule has 0 fully saturated rings. The Bertz CT molecular complexity index is 3310. The van der Waals surface area contributed by atoms with Gasteiger partial charge in [0.25, 0.3) is 11.1 Å². The van der Waals surface area contributed by atoms with Gasteiger partial charge in [0.2, 0.25) is 0 Å². The van der Waals surface area contributed by atoms with Crippen LogP contribution in [0.5, 0.6) is 0 Å². The van der Waals surface area contributed by atoms with Gasteiger partial charge in [0, 0.05) is 48.2 Å². The van der Waals surface area contributed by atoms with Crippen LogP contribution in [0.4, 0.5) is 0 Å². The van der Waals surface area contributed by atoms with Gasteiger partial charge < -0.3 is 0 Å². The second-order valence-corrected chi connectivity index (χ2v) is 14.2. The van der Waals surface area contributed by atoms with Crippen LogP contribution in [-0.4, -0.2) is 28.2 Å². The van der Waals surface area contributed by atoms with Gasteiger partial charge in [-0.25, -0.2) is 28.7 Å². The maximum atomic E-state index is 13.1. The lowest BCUT2D eigenvalue weighted by Crippen LogP contribution is -2.38. The molecule has 1 aliphatic rings. The quantitative estimate of drug-likeness (QED) is 0.182. The third-order valence-corrected chi connectivity index (χ3v) is 10.2. The molecule has 0 unspecified atom stereocenters. The molecule has 0 spiro atoms. The summed E-state index contributed by atoms with van der Waals surface area (Å²) in [5.74, 6) is 12.3. The van der Waals surface area contributed by atoms with Gasteiger partial charge in [-0.1, -0.05) is 108 Å². The number of nitrogens with zero attached hydrogens (tertiary/aromatic N) is 6. The number of benzene rings is 4. The number of pyridine rings is 2. The smallest absolute Gasteiger partial charge is 0.296 e. The highest BCUT2D eigenvalue weighted by Crippen LogP contribution is 2.24. The number of aromatic nitrogens is 6. The highest BCUT2D eigenvalue weighted by atomic mass is 35.5. The van der Waals surface area contributed by atoms with Crippen molar-refractivity contribution in [3.05, 3.63) is 207 Å². The number of aryl methyl sites for hydroxylation is 4. The first-order valence-corrected chi connectivity index (χ1v) is 18.8. The summed E-state index contributed by atoms with van der Waals surface area (Å²) >= 11 is 12.8. The molecule has 0 bridgehead atoms. The van der Waals surface area contributed by atoms with Crippen LogP contribution < -0.4 is 22.5 Å².